The number of rotatable bonds is 3. The van der Waals surface area contributed by atoms with Crippen LogP contribution in [0.3, 0.4) is 0 Å². The molecule has 2 aromatic carbocycles. The van der Waals surface area contributed by atoms with Gasteiger partial charge in [-0.1, -0.05) is 0 Å². The maximum absolute atomic E-state index is 13.1. The molecule has 1 heterocycles. The highest BCUT2D eigenvalue weighted by Crippen LogP contribution is 2.27. The number of aromatic nitrogens is 1. The van der Waals surface area contributed by atoms with Crippen molar-refractivity contribution >= 4 is 32.7 Å². The van der Waals surface area contributed by atoms with Gasteiger partial charge in [-0.15, -0.1) is 0 Å². The summed E-state index contributed by atoms with van der Waals surface area (Å²) in [6.07, 6.45) is 0. The summed E-state index contributed by atoms with van der Waals surface area (Å²) in [6.45, 7) is 0.108. The average Bonchev–Trinajstić information content (AvgIpc) is 2.81. The van der Waals surface area contributed by atoms with E-state index in [1.54, 1.807) is 24.3 Å². The number of nitrogens with two attached hydrogens (primary N) is 1. The highest BCUT2D eigenvalue weighted by atomic mass is 79.9. The smallest absolute Gasteiger partial charge is 0.233 e. The molecule has 0 aliphatic carbocycles. The van der Waals surface area contributed by atoms with Crippen molar-refractivity contribution < 1.29 is 13.5 Å². The van der Waals surface area contributed by atoms with Crippen molar-refractivity contribution in [1.29, 1.82) is 0 Å². The molecule has 0 amide bonds. The first-order valence-corrected chi connectivity index (χ1v) is 6.64. The van der Waals surface area contributed by atoms with Gasteiger partial charge < -0.3 is 14.9 Å². The lowest BCUT2D eigenvalue weighted by Crippen LogP contribution is -1.96. The number of hydrogen-bond acceptors (Lipinski definition) is 4. The minimum absolute atomic E-state index is 0.108. The number of ether oxygens (including phenoxy) is 1. The van der Waals surface area contributed by atoms with Crippen molar-refractivity contribution in [2.24, 2.45) is 0 Å². The maximum atomic E-state index is 13.1. The van der Waals surface area contributed by atoms with Crippen LogP contribution in [0.4, 0.5) is 10.1 Å². The third kappa shape index (κ3) is 2.60. The Morgan fingerprint density at radius 2 is 2.10 bits per heavy atom. The van der Waals surface area contributed by atoms with Crippen LogP contribution in [0.1, 0.15) is 5.89 Å². The topological polar surface area (TPSA) is 61.3 Å². The van der Waals surface area contributed by atoms with E-state index < -0.39 is 0 Å². The molecule has 0 aliphatic rings. The van der Waals surface area contributed by atoms with Crippen molar-refractivity contribution in [2.75, 3.05) is 5.73 Å². The Morgan fingerprint density at radius 1 is 1.25 bits per heavy atom. The number of oxazole rings is 1. The lowest BCUT2D eigenvalue weighted by atomic mass is 10.3. The van der Waals surface area contributed by atoms with Gasteiger partial charge in [0.2, 0.25) is 5.89 Å². The second-order valence-corrected chi connectivity index (χ2v) is 5.05. The summed E-state index contributed by atoms with van der Waals surface area (Å²) < 4.78 is 24.8. The van der Waals surface area contributed by atoms with Crippen LogP contribution in [0.2, 0.25) is 0 Å². The quantitative estimate of drug-likeness (QED) is 0.737. The molecule has 2 N–H and O–H groups in total. The first-order valence-electron chi connectivity index (χ1n) is 5.84. The van der Waals surface area contributed by atoms with Gasteiger partial charge in [0.05, 0.1) is 4.47 Å². The van der Waals surface area contributed by atoms with Crippen LogP contribution in [0, 0.1) is 5.82 Å². The Morgan fingerprint density at radius 3 is 2.95 bits per heavy atom. The van der Waals surface area contributed by atoms with Crippen LogP contribution in [-0.2, 0) is 6.61 Å². The monoisotopic (exact) mass is 336 g/mol. The standard InChI is InChI=1S/C14H10BrFN2O2/c15-10-3-1-8(16)5-12(10)19-7-14-18-11-4-2-9(17)6-13(11)20-14/h1-6H,7,17H2. The molecular weight excluding hydrogens is 327 g/mol. The fraction of sp³-hybridized carbons (Fsp3) is 0.0714. The molecule has 0 atom stereocenters. The predicted octanol–water partition coefficient (Wildman–Crippen LogP) is 3.89. The Bertz CT molecular complexity index is 773. The first kappa shape index (κ1) is 12.9. The molecule has 3 aromatic rings. The second-order valence-electron chi connectivity index (χ2n) is 4.20. The molecule has 3 rings (SSSR count). The van der Waals surface area contributed by atoms with Gasteiger partial charge in [0.25, 0.3) is 0 Å². The molecule has 6 heteroatoms. The van der Waals surface area contributed by atoms with Crippen LogP contribution in [0.5, 0.6) is 5.75 Å². The third-order valence-electron chi connectivity index (χ3n) is 2.70. The highest BCUT2D eigenvalue weighted by Gasteiger charge is 2.09. The van der Waals surface area contributed by atoms with Gasteiger partial charge in [-0.25, -0.2) is 9.37 Å². The first-order chi connectivity index (χ1) is 9.61. The Balaban J connectivity index is 1.81. The number of halogens is 2. The van der Waals surface area contributed by atoms with Crippen LogP contribution >= 0.6 is 15.9 Å². The normalized spacial score (nSPS) is 10.9. The lowest BCUT2D eigenvalue weighted by molar-refractivity contribution is 0.264. The van der Waals surface area contributed by atoms with E-state index in [0.717, 1.165) is 0 Å². The van der Waals surface area contributed by atoms with E-state index in [0.29, 0.717) is 32.9 Å². The minimum Gasteiger partial charge on any atom is -0.483 e. The molecule has 0 saturated carbocycles. The van der Waals surface area contributed by atoms with Crippen molar-refractivity contribution in [3.05, 3.63) is 52.6 Å². The van der Waals surface area contributed by atoms with Gasteiger partial charge in [0.1, 0.15) is 17.1 Å². The van der Waals surface area contributed by atoms with Gasteiger partial charge in [-0.3, -0.25) is 0 Å². The van der Waals surface area contributed by atoms with E-state index in [1.807, 2.05) is 0 Å². The Kier molecular flexibility index (Phi) is 3.31. The molecule has 20 heavy (non-hydrogen) atoms. The van der Waals surface area contributed by atoms with Crippen molar-refractivity contribution in [3.63, 3.8) is 0 Å². The summed E-state index contributed by atoms with van der Waals surface area (Å²) in [5.41, 5.74) is 7.58. The van der Waals surface area contributed by atoms with Gasteiger partial charge in [0.15, 0.2) is 12.2 Å². The van der Waals surface area contributed by atoms with Gasteiger partial charge in [-0.2, -0.15) is 0 Å². The van der Waals surface area contributed by atoms with Crippen molar-refractivity contribution in [2.45, 2.75) is 6.61 Å². The third-order valence-corrected chi connectivity index (χ3v) is 3.36. The number of nitrogens with zero attached hydrogens (tertiary/aromatic N) is 1. The zero-order valence-corrected chi connectivity index (χ0v) is 11.9. The molecule has 0 saturated heterocycles. The average molecular weight is 337 g/mol. The van der Waals surface area contributed by atoms with E-state index in [9.17, 15) is 4.39 Å². The van der Waals surface area contributed by atoms with E-state index in [-0.39, 0.29) is 12.4 Å². The van der Waals surface area contributed by atoms with Crippen molar-refractivity contribution in [1.82, 2.24) is 4.98 Å². The molecule has 0 unspecified atom stereocenters. The summed E-state index contributed by atoms with van der Waals surface area (Å²) >= 11 is 3.29. The van der Waals surface area contributed by atoms with Crippen LogP contribution in [-0.4, -0.2) is 4.98 Å². The largest absolute Gasteiger partial charge is 0.483 e. The fourth-order valence-electron chi connectivity index (χ4n) is 1.78. The molecule has 102 valence electrons. The molecule has 0 aliphatic heterocycles. The number of nitrogen functional groups attached to an aromatic ring is 1. The molecule has 0 spiro atoms. The number of anilines is 1. The van der Waals surface area contributed by atoms with Gasteiger partial charge in [0, 0.05) is 17.8 Å². The fourth-order valence-corrected chi connectivity index (χ4v) is 2.14. The minimum atomic E-state index is -0.367. The number of fused-ring (bicyclic) bond motifs is 1. The number of hydrogen-bond donors (Lipinski definition) is 1. The van der Waals surface area contributed by atoms with Crippen molar-refractivity contribution in [3.8, 4) is 5.75 Å². The summed E-state index contributed by atoms with van der Waals surface area (Å²) in [6, 6.07) is 9.44. The van der Waals surface area contributed by atoms with E-state index in [2.05, 4.69) is 20.9 Å². The van der Waals surface area contributed by atoms with Crippen LogP contribution in [0.25, 0.3) is 11.1 Å². The van der Waals surface area contributed by atoms with E-state index in [4.69, 9.17) is 14.9 Å². The second kappa shape index (κ2) is 5.13. The number of benzene rings is 2. The lowest BCUT2D eigenvalue weighted by Gasteiger charge is -2.05. The molecular formula is C14H10BrFN2O2. The Labute approximate surface area is 122 Å². The predicted molar refractivity (Wildman–Crippen MR) is 76.9 cm³/mol. The van der Waals surface area contributed by atoms with Gasteiger partial charge >= 0.3 is 0 Å². The molecule has 1 aromatic heterocycles. The highest BCUT2D eigenvalue weighted by molar-refractivity contribution is 9.10. The molecule has 4 nitrogen and oxygen atoms in total. The maximum Gasteiger partial charge on any atom is 0.233 e. The van der Waals surface area contributed by atoms with Gasteiger partial charge in [-0.05, 0) is 40.2 Å². The molecule has 0 fully saturated rings. The zero-order chi connectivity index (χ0) is 14.1. The van der Waals surface area contributed by atoms with E-state index >= 15 is 0 Å². The summed E-state index contributed by atoms with van der Waals surface area (Å²) in [7, 11) is 0. The van der Waals surface area contributed by atoms with Crippen LogP contribution < -0.4 is 10.5 Å². The summed E-state index contributed by atoms with van der Waals surface area (Å²) in [4.78, 5) is 4.26. The molecule has 0 radical (unpaired) electrons. The van der Waals surface area contributed by atoms with Crippen LogP contribution in [0.15, 0.2) is 45.3 Å². The Hall–Kier alpha value is -2.08. The summed E-state index contributed by atoms with van der Waals surface area (Å²) in [5, 5.41) is 0. The zero-order valence-electron chi connectivity index (χ0n) is 10.3. The SMILES string of the molecule is Nc1ccc2nc(COc3cc(F)ccc3Br)oc2c1. The van der Waals surface area contributed by atoms with E-state index in [1.165, 1.54) is 12.1 Å². The molecule has 0 bridgehead atoms. The summed E-state index contributed by atoms with van der Waals surface area (Å²) in [5.74, 6) is 0.432.